The van der Waals surface area contributed by atoms with Crippen LogP contribution >= 0.6 is 11.8 Å². The molecule has 4 N–H and O–H groups in total. The molecule has 190 valence electrons. The second-order valence-electron chi connectivity index (χ2n) is 8.69. The number of nitrogens with zero attached hydrogens (tertiary/aromatic N) is 3. The maximum absolute atomic E-state index is 14.7. The highest BCUT2D eigenvalue weighted by Crippen LogP contribution is 2.32. The van der Waals surface area contributed by atoms with Crippen LogP contribution in [-0.2, 0) is 16.1 Å². The molecule has 0 spiro atoms. The van der Waals surface area contributed by atoms with Crippen LogP contribution in [0.4, 0.5) is 10.2 Å². The summed E-state index contributed by atoms with van der Waals surface area (Å²) >= 11 is 1.46. The van der Waals surface area contributed by atoms with Gasteiger partial charge in [-0.1, -0.05) is 0 Å². The Morgan fingerprint density at radius 2 is 2.14 bits per heavy atom. The van der Waals surface area contributed by atoms with E-state index in [1.807, 2.05) is 12.1 Å². The molecular formula is C24H26FN5O5S. The number of methoxy groups -OCH3 is 1. The van der Waals surface area contributed by atoms with E-state index in [2.05, 4.69) is 25.6 Å². The number of anilines is 1. The Bertz CT molecular complexity index is 1270. The van der Waals surface area contributed by atoms with Crippen molar-refractivity contribution in [2.45, 2.75) is 48.6 Å². The Morgan fingerprint density at radius 3 is 2.92 bits per heavy atom. The van der Waals surface area contributed by atoms with Crippen molar-refractivity contribution in [2.24, 2.45) is 0 Å². The summed E-state index contributed by atoms with van der Waals surface area (Å²) in [6.45, 7) is 0.789. The van der Waals surface area contributed by atoms with E-state index >= 15 is 0 Å². The number of aliphatic hydroxyl groups is 2. The lowest BCUT2D eigenvalue weighted by molar-refractivity contribution is -0.114. The summed E-state index contributed by atoms with van der Waals surface area (Å²) < 4.78 is 25.6. The smallest absolute Gasteiger partial charge is 0.235 e. The summed E-state index contributed by atoms with van der Waals surface area (Å²) in [5.41, 5.74) is 1.15. The average Bonchev–Trinajstić information content (AvgIpc) is 2.90. The van der Waals surface area contributed by atoms with Gasteiger partial charge in [0.05, 0.1) is 47.9 Å². The molecule has 36 heavy (non-hydrogen) atoms. The number of pyridine rings is 3. The fourth-order valence-corrected chi connectivity index (χ4v) is 5.12. The van der Waals surface area contributed by atoms with Gasteiger partial charge in [-0.05, 0) is 31.0 Å². The van der Waals surface area contributed by atoms with E-state index in [1.165, 1.54) is 18.9 Å². The molecule has 2 aliphatic heterocycles. The number of ether oxygens (including phenoxy) is 2. The molecule has 0 bridgehead atoms. The van der Waals surface area contributed by atoms with Crippen LogP contribution in [0.25, 0.3) is 11.0 Å². The van der Waals surface area contributed by atoms with Gasteiger partial charge in [0.2, 0.25) is 11.8 Å². The predicted octanol–water partition coefficient (Wildman–Crippen LogP) is 1.95. The molecule has 0 unspecified atom stereocenters. The quantitative estimate of drug-likeness (QED) is 0.369. The highest BCUT2D eigenvalue weighted by molar-refractivity contribution is 8.00. The number of hydrogen-bond donors (Lipinski definition) is 4. The van der Waals surface area contributed by atoms with Crippen molar-refractivity contribution < 1.29 is 28.9 Å². The number of aromatic nitrogens is 3. The van der Waals surface area contributed by atoms with Gasteiger partial charge in [-0.15, -0.1) is 11.8 Å². The number of aliphatic hydroxyl groups excluding tert-OH is 2. The highest BCUT2D eigenvalue weighted by Gasteiger charge is 2.35. The number of rotatable bonds is 7. The molecule has 5 heterocycles. The molecule has 1 amide bonds. The lowest BCUT2D eigenvalue weighted by Crippen LogP contribution is -2.45. The first-order valence-corrected chi connectivity index (χ1v) is 12.5. The van der Waals surface area contributed by atoms with Gasteiger partial charge < -0.3 is 30.3 Å². The molecule has 2 aliphatic rings. The third-order valence-electron chi connectivity index (χ3n) is 6.30. The van der Waals surface area contributed by atoms with E-state index in [0.717, 1.165) is 16.8 Å². The fourth-order valence-electron chi connectivity index (χ4n) is 4.37. The van der Waals surface area contributed by atoms with Gasteiger partial charge in [0.25, 0.3) is 0 Å². The fraction of sp³-hybridized carbons (Fsp3) is 0.417. The molecular weight excluding hydrogens is 489 g/mol. The molecule has 1 saturated heterocycles. The minimum absolute atomic E-state index is 0.0109. The van der Waals surface area contributed by atoms with Gasteiger partial charge in [-0.3, -0.25) is 9.78 Å². The van der Waals surface area contributed by atoms with Gasteiger partial charge in [0.15, 0.2) is 0 Å². The minimum Gasteiger partial charge on any atom is -0.481 e. The zero-order chi connectivity index (χ0) is 25.2. The first-order chi connectivity index (χ1) is 17.4. The number of carbonyl (C=O) groups is 1. The largest absolute Gasteiger partial charge is 0.481 e. The second-order valence-corrected chi connectivity index (χ2v) is 9.71. The Balaban J connectivity index is 1.20. The summed E-state index contributed by atoms with van der Waals surface area (Å²) in [7, 11) is 1.44. The van der Waals surface area contributed by atoms with Crippen molar-refractivity contribution in [3.8, 4) is 5.88 Å². The lowest BCUT2D eigenvalue weighted by Gasteiger charge is -2.34. The van der Waals surface area contributed by atoms with E-state index in [1.54, 1.807) is 12.1 Å². The van der Waals surface area contributed by atoms with Crippen LogP contribution in [0.3, 0.4) is 0 Å². The van der Waals surface area contributed by atoms with Gasteiger partial charge in [0, 0.05) is 24.2 Å². The van der Waals surface area contributed by atoms with Crippen molar-refractivity contribution in [3.63, 3.8) is 0 Å². The lowest BCUT2D eigenvalue weighted by atomic mass is 9.94. The molecule has 0 saturated carbocycles. The molecule has 1 fully saturated rings. The molecule has 12 heteroatoms. The van der Waals surface area contributed by atoms with E-state index < -0.39 is 24.1 Å². The second kappa shape index (κ2) is 10.6. The van der Waals surface area contributed by atoms with Crippen LogP contribution < -0.4 is 15.4 Å². The van der Waals surface area contributed by atoms with Crippen molar-refractivity contribution in [2.75, 3.05) is 24.8 Å². The first kappa shape index (κ1) is 24.8. The molecule has 3 aromatic rings. The molecule has 0 aromatic carbocycles. The minimum atomic E-state index is -1.56. The Kier molecular flexibility index (Phi) is 7.30. The van der Waals surface area contributed by atoms with Gasteiger partial charge in [0.1, 0.15) is 29.4 Å². The molecule has 0 aliphatic carbocycles. The third-order valence-corrected chi connectivity index (χ3v) is 7.35. The Hall–Kier alpha value is -2.90. The Labute approximate surface area is 210 Å². The van der Waals surface area contributed by atoms with Crippen LogP contribution in [-0.4, -0.2) is 68.8 Å². The zero-order valence-electron chi connectivity index (χ0n) is 19.5. The number of carbonyl (C=O) groups excluding carboxylic acids is 1. The Morgan fingerprint density at radius 1 is 1.28 bits per heavy atom. The zero-order valence-corrected chi connectivity index (χ0v) is 20.3. The molecule has 5 rings (SSSR count). The SMILES string of the molecule is COc1ccc2ncc(F)c([C@@H](O)[C@H](O)[C@@H]3CC[C@@H](NCc4ccc5c(n4)NC(=O)CS5)CO3)c2n1. The van der Waals surface area contributed by atoms with Crippen molar-refractivity contribution in [3.05, 3.63) is 47.5 Å². The molecule has 4 atom stereocenters. The van der Waals surface area contributed by atoms with Crippen LogP contribution in [0.5, 0.6) is 5.88 Å². The molecule has 3 aromatic heterocycles. The summed E-state index contributed by atoms with van der Waals surface area (Å²) in [5, 5.41) is 27.9. The van der Waals surface area contributed by atoms with E-state index in [0.29, 0.717) is 43.1 Å². The number of hydrogen-bond acceptors (Lipinski definition) is 10. The average molecular weight is 516 g/mol. The molecule has 0 radical (unpaired) electrons. The number of nitrogens with one attached hydrogen (secondary N) is 2. The maximum atomic E-state index is 14.7. The van der Waals surface area contributed by atoms with E-state index in [9.17, 15) is 19.4 Å². The number of halogens is 1. The summed E-state index contributed by atoms with van der Waals surface area (Å²) in [4.78, 5) is 25.3. The summed E-state index contributed by atoms with van der Waals surface area (Å²) in [5.74, 6) is 0.387. The highest BCUT2D eigenvalue weighted by atomic mass is 32.2. The van der Waals surface area contributed by atoms with Crippen LogP contribution in [0.1, 0.15) is 30.2 Å². The first-order valence-electron chi connectivity index (χ1n) is 11.6. The van der Waals surface area contributed by atoms with E-state index in [4.69, 9.17) is 9.47 Å². The maximum Gasteiger partial charge on any atom is 0.235 e. The summed E-state index contributed by atoms with van der Waals surface area (Å²) in [6.07, 6.45) is -1.46. The third kappa shape index (κ3) is 5.13. The van der Waals surface area contributed by atoms with Gasteiger partial charge in [-0.25, -0.2) is 14.4 Å². The normalized spacial score (nSPS) is 21.5. The number of fused-ring (bicyclic) bond motifs is 2. The van der Waals surface area contributed by atoms with Gasteiger partial charge >= 0.3 is 0 Å². The van der Waals surface area contributed by atoms with Crippen molar-refractivity contribution in [1.82, 2.24) is 20.3 Å². The monoisotopic (exact) mass is 515 g/mol. The predicted molar refractivity (Wildman–Crippen MR) is 130 cm³/mol. The van der Waals surface area contributed by atoms with E-state index in [-0.39, 0.29) is 28.9 Å². The summed E-state index contributed by atoms with van der Waals surface area (Å²) in [6, 6.07) is 7.07. The topological polar surface area (TPSA) is 139 Å². The molecule has 10 nitrogen and oxygen atoms in total. The van der Waals surface area contributed by atoms with Crippen LogP contribution in [0.15, 0.2) is 35.4 Å². The van der Waals surface area contributed by atoms with Crippen LogP contribution in [0, 0.1) is 5.82 Å². The number of amides is 1. The van der Waals surface area contributed by atoms with Crippen molar-refractivity contribution >= 4 is 34.5 Å². The number of thioether (sulfide) groups is 1. The standard InChI is InChI=1S/C24H26FN5O5S/c1-34-19-7-4-15-21(30-19)20(14(25)9-27-15)23(33)22(32)16-5-2-13(10-35-16)26-8-12-3-6-17-24(28-12)29-18(31)11-36-17/h3-4,6-7,9,13,16,22-23,26,32-33H,2,5,8,10-11H2,1H3,(H,28,29,31)/t13-,16+,22-,23-/m1/s1. The van der Waals surface area contributed by atoms with Gasteiger partial charge in [-0.2, -0.15) is 0 Å². The van der Waals surface area contributed by atoms with Crippen LogP contribution in [0.2, 0.25) is 0 Å². The van der Waals surface area contributed by atoms with Crippen molar-refractivity contribution in [1.29, 1.82) is 0 Å².